The summed E-state index contributed by atoms with van der Waals surface area (Å²) in [7, 11) is 0. The van der Waals surface area contributed by atoms with Gasteiger partial charge in [0, 0.05) is 0 Å². The van der Waals surface area contributed by atoms with Gasteiger partial charge in [-0.1, -0.05) is 0 Å². The number of fused-ring (bicyclic) bond motifs is 1. The third-order valence-electron chi connectivity index (χ3n) is 4.40. The summed E-state index contributed by atoms with van der Waals surface area (Å²) in [4.78, 5) is 0. The average Bonchev–Trinajstić information content (AvgIpc) is 2.88. The average molecular weight is 510 g/mol. The first-order chi connectivity index (χ1) is 11.4. The molecule has 0 radical (unpaired) electrons. The third-order valence-corrected chi connectivity index (χ3v) is 8.50. The van der Waals surface area contributed by atoms with Crippen molar-refractivity contribution in [1.29, 1.82) is 0 Å². The molecule has 2 aliphatic heterocycles. The van der Waals surface area contributed by atoms with Crippen molar-refractivity contribution in [3.05, 3.63) is 63.1 Å². The van der Waals surface area contributed by atoms with Crippen molar-refractivity contribution in [2.45, 2.75) is 29.0 Å². The number of hydrogen-bond donors (Lipinski definition) is 0. The molecule has 2 heterocycles. The molecule has 1 unspecified atom stereocenters. The monoisotopic (exact) mass is 509 g/mol. The molecule has 0 saturated carbocycles. The predicted octanol–water partition coefficient (Wildman–Crippen LogP) is 2.68. The van der Waals surface area contributed by atoms with Gasteiger partial charge in [-0.3, -0.25) is 0 Å². The van der Waals surface area contributed by atoms with Gasteiger partial charge in [0.15, 0.2) is 0 Å². The molecule has 6 heteroatoms. The molecule has 1 fully saturated rings. The summed E-state index contributed by atoms with van der Waals surface area (Å²) >= 11 is 3.40. The molecule has 0 spiro atoms. The molecule has 4 rings (SSSR count). The van der Waals surface area contributed by atoms with Crippen LogP contribution in [0.4, 0.5) is 13.2 Å². The van der Waals surface area contributed by atoms with Crippen LogP contribution in [0.25, 0.3) is 0 Å². The van der Waals surface area contributed by atoms with Gasteiger partial charge in [-0.15, -0.1) is 0 Å². The summed E-state index contributed by atoms with van der Waals surface area (Å²) in [6.45, 7) is 0. The topological polar surface area (TPSA) is 9.23 Å². The second-order valence-electron chi connectivity index (χ2n) is 6.02. The van der Waals surface area contributed by atoms with E-state index in [1.165, 1.54) is 16.6 Å². The Kier molecular flexibility index (Phi) is 4.31. The van der Waals surface area contributed by atoms with E-state index in [0.717, 1.165) is 22.0 Å². The Labute approximate surface area is 157 Å². The van der Waals surface area contributed by atoms with Crippen LogP contribution in [-0.4, -0.2) is 4.43 Å². The Bertz CT molecular complexity index is 786. The SMILES string of the molecule is FC(F)(F)c1cc2c(c(C3CC[I-]3)c1)O[C@H](c1cccc(Br)c1)C2. The van der Waals surface area contributed by atoms with E-state index < -0.39 is 11.7 Å². The maximum absolute atomic E-state index is 13.3. The molecule has 1 nitrogen and oxygen atoms in total. The molecular formula is C18H14BrF3IO-. The van der Waals surface area contributed by atoms with Crippen molar-refractivity contribution >= 4 is 15.9 Å². The van der Waals surface area contributed by atoms with Crippen molar-refractivity contribution in [3.8, 4) is 5.75 Å². The van der Waals surface area contributed by atoms with Crippen LogP contribution in [0.5, 0.6) is 5.75 Å². The molecule has 0 N–H and O–H groups in total. The molecule has 0 bridgehead atoms. The van der Waals surface area contributed by atoms with Crippen LogP contribution in [0.3, 0.4) is 0 Å². The van der Waals surface area contributed by atoms with Crippen LogP contribution in [0.15, 0.2) is 40.9 Å². The Hall–Kier alpha value is -0.760. The first-order valence-electron chi connectivity index (χ1n) is 7.65. The Morgan fingerprint density at radius 1 is 1.17 bits per heavy atom. The number of hydrogen-bond acceptors (Lipinski definition) is 1. The number of halogens is 5. The van der Waals surface area contributed by atoms with Gasteiger partial charge in [0.05, 0.1) is 0 Å². The number of alkyl halides is 5. The maximum atomic E-state index is 13.3. The molecule has 24 heavy (non-hydrogen) atoms. The second-order valence-corrected chi connectivity index (χ2v) is 10.4. The van der Waals surface area contributed by atoms with E-state index in [2.05, 4.69) is 15.9 Å². The van der Waals surface area contributed by atoms with E-state index in [0.29, 0.717) is 21.7 Å². The fourth-order valence-corrected chi connectivity index (χ4v) is 5.74. The summed E-state index contributed by atoms with van der Waals surface area (Å²) in [5.74, 6) is 0.706. The summed E-state index contributed by atoms with van der Waals surface area (Å²) in [6, 6.07) is 10.4. The summed E-state index contributed by atoms with van der Waals surface area (Å²) in [5, 5.41) is 0. The summed E-state index contributed by atoms with van der Waals surface area (Å²) in [6.07, 6.45) is -3.03. The predicted molar refractivity (Wildman–Crippen MR) is 84.9 cm³/mol. The molecular weight excluding hydrogens is 496 g/mol. The molecule has 128 valence electrons. The molecule has 0 aliphatic carbocycles. The van der Waals surface area contributed by atoms with E-state index in [4.69, 9.17) is 4.74 Å². The quantitative estimate of drug-likeness (QED) is 0.447. The fraction of sp³-hybridized carbons (Fsp3) is 0.333. The standard InChI is InChI=1S/C18H14BrF3IO/c19-13-3-1-2-10(7-13)16-8-11-6-12(18(20,21)22)9-14(17(11)24-16)15-4-5-23-15/h1-3,6-7,9,15-16H,4-5,8H2/q-1/t15?,16-/m0/s1. The van der Waals surface area contributed by atoms with Gasteiger partial charge in [-0.2, -0.15) is 0 Å². The number of benzene rings is 2. The molecule has 1 saturated heterocycles. The zero-order valence-corrected chi connectivity index (χ0v) is 16.3. The van der Waals surface area contributed by atoms with Gasteiger partial charge < -0.3 is 0 Å². The van der Waals surface area contributed by atoms with Gasteiger partial charge in [-0.05, 0) is 0 Å². The minimum atomic E-state index is -4.31. The van der Waals surface area contributed by atoms with Gasteiger partial charge in [0.2, 0.25) is 0 Å². The fourth-order valence-electron chi connectivity index (χ4n) is 3.14. The third kappa shape index (κ3) is 3.07. The first kappa shape index (κ1) is 16.7. The van der Waals surface area contributed by atoms with E-state index in [-0.39, 0.29) is 27.3 Å². The van der Waals surface area contributed by atoms with Gasteiger partial charge >= 0.3 is 157 Å². The van der Waals surface area contributed by atoms with Crippen molar-refractivity contribution in [1.82, 2.24) is 0 Å². The number of ether oxygens (including phenoxy) is 1. The van der Waals surface area contributed by atoms with Crippen LogP contribution in [-0.2, 0) is 12.6 Å². The van der Waals surface area contributed by atoms with E-state index >= 15 is 0 Å². The zero-order chi connectivity index (χ0) is 16.9. The van der Waals surface area contributed by atoms with Crippen molar-refractivity contribution < 1.29 is 39.1 Å². The Morgan fingerprint density at radius 3 is 2.58 bits per heavy atom. The Balaban J connectivity index is 1.74. The molecule has 2 aliphatic rings. The first-order valence-corrected chi connectivity index (χ1v) is 11.2. The molecule has 2 aromatic rings. The van der Waals surface area contributed by atoms with Crippen LogP contribution in [0.2, 0.25) is 0 Å². The molecule has 0 amide bonds. The van der Waals surface area contributed by atoms with E-state index in [9.17, 15) is 13.2 Å². The summed E-state index contributed by atoms with van der Waals surface area (Å²) < 4.78 is 48.3. The van der Waals surface area contributed by atoms with Crippen LogP contribution in [0, 0.1) is 0 Å². The number of rotatable bonds is 2. The Morgan fingerprint density at radius 2 is 1.96 bits per heavy atom. The van der Waals surface area contributed by atoms with Crippen molar-refractivity contribution in [2.75, 3.05) is 4.43 Å². The molecule has 2 aromatic carbocycles. The van der Waals surface area contributed by atoms with Crippen LogP contribution in [0.1, 0.15) is 38.7 Å². The zero-order valence-electron chi connectivity index (χ0n) is 12.5. The van der Waals surface area contributed by atoms with E-state index in [1.54, 1.807) is 0 Å². The van der Waals surface area contributed by atoms with Crippen LogP contribution >= 0.6 is 15.9 Å². The summed E-state index contributed by atoms with van der Waals surface area (Å²) in [5.41, 5.74) is 1.94. The van der Waals surface area contributed by atoms with Gasteiger partial charge in [-0.25, -0.2) is 0 Å². The normalized spacial score (nSPS) is 23.0. The second kappa shape index (κ2) is 6.20. The molecule has 0 aromatic heterocycles. The minimum absolute atomic E-state index is 0.0407. The van der Waals surface area contributed by atoms with E-state index in [1.807, 2.05) is 24.3 Å². The van der Waals surface area contributed by atoms with Crippen molar-refractivity contribution in [3.63, 3.8) is 0 Å². The van der Waals surface area contributed by atoms with Gasteiger partial charge in [0.1, 0.15) is 0 Å². The van der Waals surface area contributed by atoms with Crippen molar-refractivity contribution in [2.24, 2.45) is 0 Å². The van der Waals surface area contributed by atoms with Gasteiger partial charge in [0.25, 0.3) is 0 Å². The van der Waals surface area contributed by atoms with Crippen LogP contribution < -0.4 is 25.9 Å². The molecule has 2 atom stereocenters.